The lowest BCUT2D eigenvalue weighted by atomic mass is 9.47. The van der Waals surface area contributed by atoms with Gasteiger partial charge in [-0.25, -0.2) is 0 Å². The summed E-state index contributed by atoms with van der Waals surface area (Å²) in [6.45, 7) is 10.0. The van der Waals surface area contributed by atoms with E-state index < -0.39 is 0 Å². The average Bonchev–Trinajstić information content (AvgIpc) is 3.04. The van der Waals surface area contributed by atoms with Crippen molar-refractivity contribution in [3.63, 3.8) is 0 Å². The van der Waals surface area contributed by atoms with E-state index in [-0.39, 0.29) is 6.10 Å². The molecule has 0 heterocycles. The van der Waals surface area contributed by atoms with E-state index in [0.717, 1.165) is 53.7 Å². The maximum Gasteiger partial charge on any atom is 0.0577 e. The van der Waals surface area contributed by atoms with E-state index in [1.165, 1.54) is 57.8 Å². The molecule has 0 aromatic rings. The number of aliphatic hydroxyl groups is 1. The van der Waals surface area contributed by atoms with Crippen LogP contribution >= 0.6 is 15.9 Å². The molecule has 29 heavy (non-hydrogen) atoms. The van der Waals surface area contributed by atoms with Crippen LogP contribution in [0.25, 0.3) is 0 Å². The summed E-state index contributed by atoms with van der Waals surface area (Å²) >= 11 is 3.96. The highest BCUT2D eigenvalue weighted by Gasteiger charge is 2.59. The SMILES string of the molecule is CC(C)CCC[C@@H](C)[C@H]1CC[C@H]2[C@@H]3CC=C4C[C@@H](O)CC[C@]4(C[77Br])[C@H]3CC[C@]12C. The molecule has 0 bridgehead atoms. The first kappa shape index (κ1) is 22.4. The first-order chi connectivity index (χ1) is 13.8. The molecule has 0 aliphatic heterocycles. The minimum atomic E-state index is -0.0959. The van der Waals surface area contributed by atoms with Crippen molar-refractivity contribution < 1.29 is 5.11 Å². The quantitative estimate of drug-likeness (QED) is 0.316. The molecule has 1 nitrogen and oxygen atoms in total. The second kappa shape index (κ2) is 8.61. The van der Waals surface area contributed by atoms with Crippen LogP contribution in [-0.4, -0.2) is 16.5 Å². The molecule has 2 heteroatoms. The second-order valence-electron chi connectivity index (χ2n) is 12.1. The van der Waals surface area contributed by atoms with Crippen LogP contribution in [0.3, 0.4) is 0 Å². The Kier molecular flexibility index (Phi) is 6.64. The fraction of sp³-hybridized carbons (Fsp3) is 0.926. The van der Waals surface area contributed by atoms with Crippen molar-refractivity contribution in [3.05, 3.63) is 11.6 Å². The van der Waals surface area contributed by atoms with Crippen molar-refractivity contribution in [2.24, 2.45) is 46.3 Å². The minimum Gasteiger partial charge on any atom is -0.393 e. The molecule has 1 N–H and O–H groups in total. The summed E-state index contributed by atoms with van der Waals surface area (Å²) in [5.41, 5.74) is 2.53. The number of rotatable bonds is 6. The molecule has 0 amide bonds. The van der Waals surface area contributed by atoms with E-state index >= 15 is 0 Å². The lowest BCUT2D eigenvalue weighted by molar-refractivity contribution is -0.0553. The van der Waals surface area contributed by atoms with Crippen molar-refractivity contribution in [2.75, 3.05) is 5.33 Å². The Bertz CT molecular complexity index is 612. The van der Waals surface area contributed by atoms with Crippen LogP contribution in [0.15, 0.2) is 11.6 Å². The fourth-order valence-electron chi connectivity index (χ4n) is 8.71. The van der Waals surface area contributed by atoms with Crippen molar-refractivity contribution in [1.82, 2.24) is 0 Å². The highest BCUT2D eigenvalue weighted by atomic mass is 76.9. The van der Waals surface area contributed by atoms with Crippen molar-refractivity contribution >= 4 is 15.9 Å². The highest BCUT2D eigenvalue weighted by molar-refractivity contribution is 9.09. The Balaban J connectivity index is 1.51. The number of aliphatic hydroxyl groups excluding tert-OH is 1. The van der Waals surface area contributed by atoms with Crippen LogP contribution in [0.4, 0.5) is 0 Å². The Morgan fingerprint density at radius 3 is 2.59 bits per heavy atom. The third-order valence-corrected chi connectivity index (χ3v) is 11.2. The van der Waals surface area contributed by atoms with E-state index in [1.54, 1.807) is 5.57 Å². The van der Waals surface area contributed by atoms with Crippen LogP contribution in [0, 0.1) is 46.3 Å². The largest absolute Gasteiger partial charge is 0.393 e. The van der Waals surface area contributed by atoms with Gasteiger partial charge in [0, 0.05) is 10.7 Å². The molecule has 0 aromatic carbocycles. The van der Waals surface area contributed by atoms with Crippen molar-refractivity contribution in [1.29, 1.82) is 0 Å². The zero-order chi connectivity index (χ0) is 20.8. The summed E-state index contributed by atoms with van der Waals surface area (Å²) in [4.78, 5) is 0. The maximum absolute atomic E-state index is 10.3. The van der Waals surface area contributed by atoms with Gasteiger partial charge >= 0.3 is 0 Å². The monoisotopic (exact) mass is 462 g/mol. The smallest absolute Gasteiger partial charge is 0.0577 e. The second-order valence-corrected chi connectivity index (χ2v) is 12.6. The average molecular weight is 463 g/mol. The minimum absolute atomic E-state index is 0.0959. The van der Waals surface area contributed by atoms with Gasteiger partial charge in [0.2, 0.25) is 0 Å². The van der Waals surface area contributed by atoms with E-state index in [0.29, 0.717) is 10.8 Å². The number of allylic oxidation sites excluding steroid dienone is 1. The van der Waals surface area contributed by atoms with E-state index in [2.05, 4.69) is 49.7 Å². The van der Waals surface area contributed by atoms with Gasteiger partial charge in [0.1, 0.15) is 0 Å². The van der Waals surface area contributed by atoms with Crippen LogP contribution in [0.1, 0.15) is 98.3 Å². The molecule has 0 unspecified atom stereocenters. The molecule has 4 aliphatic carbocycles. The number of halogens is 1. The molecule has 3 saturated carbocycles. The maximum atomic E-state index is 10.3. The topological polar surface area (TPSA) is 20.2 Å². The van der Waals surface area contributed by atoms with Gasteiger partial charge in [-0.05, 0) is 92.3 Å². The molecule has 8 atom stereocenters. The first-order valence-corrected chi connectivity index (χ1v) is 13.9. The molecule has 0 aromatic heterocycles. The predicted molar refractivity (Wildman–Crippen MR) is 127 cm³/mol. The number of hydrogen-bond acceptors (Lipinski definition) is 1. The zero-order valence-electron chi connectivity index (χ0n) is 19.4. The summed E-state index contributed by atoms with van der Waals surface area (Å²) in [6, 6.07) is 0. The van der Waals surface area contributed by atoms with Crippen LogP contribution in [0.5, 0.6) is 0 Å². The van der Waals surface area contributed by atoms with Crippen molar-refractivity contribution in [2.45, 2.75) is 104 Å². The molecule has 0 radical (unpaired) electrons. The lowest BCUT2D eigenvalue weighted by Gasteiger charge is -2.59. The highest BCUT2D eigenvalue weighted by Crippen LogP contribution is 2.67. The Hall–Kier alpha value is 0.180. The number of fused-ring (bicyclic) bond motifs is 5. The zero-order valence-corrected chi connectivity index (χ0v) is 21.0. The predicted octanol–water partition coefficient (Wildman–Crippen LogP) is 7.76. The van der Waals surface area contributed by atoms with E-state index in [4.69, 9.17) is 0 Å². The first-order valence-electron chi connectivity index (χ1n) is 12.8. The summed E-state index contributed by atoms with van der Waals surface area (Å²) < 4.78 is 0. The normalized spacial score (nSPS) is 45.3. The third kappa shape index (κ3) is 3.81. The Morgan fingerprint density at radius 2 is 1.86 bits per heavy atom. The van der Waals surface area contributed by atoms with Gasteiger partial charge in [0.25, 0.3) is 0 Å². The summed E-state index contributed by atoms with van der Waals surface area (Å²) in [6.07, 6.45) is 17.0. The fourth-order valence-corrected chi connectivity index (χ4v) is 9.77. The summed E-state index contributed by atoms with van der Waals surface area (Å²) in [5.74, 6) is 5.35. The van der Waals surface area contributed by atoms with Gasteiger partial charge in [-0.15, -0.1) is 0 Å². The number of alkyl halides is 1. The molecule has 166 valence electrons. The molecule has 3 fully saturated rings. The van der Waals surface area contributed by atoms with Crippen molar-refractivity contribution in [3.8, 4) is 0 Å². The Morgan fingerprint density at radius 1 is 1.07 bits per heavy atom. The van der Waals surface area contributed by atoms with Crippen LogP contribution in [0.2, 0.25) is 0 Å². The third-order valence-electron chi connectivity index (χ3n) is 10.2. The van der Waals surface area contributed by atoms with Gasteiger partial charge in [0.15, 0.2) is 0 Å². The standard InChI is InChI=1S/C27H45BrO/c1-18(2)6-5-7-19(3)23-10-11-24-22-9-8-20-16-21(29)12-15-27(20,17-28)25(22)13-14-26(23,24)4/h8,18-19,21-25,29H,5-7,9-17H2,1-4H3/t19-,21+,22+,23-,24+,25+,26-,27-/m1/s1/i28-3. The molecule has 0 spiro atoms. The molecule has 0 saturated heterocycles. The summed E-state index contributed by atoms with van der Waals surface area (Å²) in [5, 5.41) is 11.4. The summed E-state index contributed by atoms with van der Waals surface area (Å²) in [7, 11) is 0. The number of hydrogen-bond donors (Lipinski definition) is 1. The molecule has 4 aliphatic rings. The van der Waals surface area contributed by atoms with Crippen LogP contribution < -0.4 is 0 Å². The molecular formula is C27H45BrO. The van der Waals surface area contributed by atoms with Gasteiger partial charge in [-0.3, -0.25) is 0 Å². The van der Waals surface area contributed by atoms with E-state index in [1.807, 2.05) is 0 Å². The van der Waals surface area contributed by atoms with Gasteiger partial charge in [0.05, 0.1) is 6.10 Å². The van der Waals surface area contributed by atoms with Gasteiger partial charge < -0.3 is 5.11 Å². The molecule has 4 rings (SSSR count). The van der Waals surface area contributed by atoms with Gasteiger partial charge in [-0.2, -0.15) is 0 Å². The van der Waals surface area contributed by atoms with E-state index in [9.17, 15) is 5.11 Å². The van der Waals surface area contributed by atoms with Gasteiger partial charge in [-0.1, -0.05) is 74.5 Å². The van der Waals surface area contributed by atoms with Crippen LogP contribution in [-0.2, 0) is 0 Å². The Labute approximate surface area is 188 Å². The lowest BCUT2D eigenvalue weighted by Crippen LogP contribution is -2.52. The molecular weight excluding hydrogens is 417 g/mol.